The van der Waals surface area contributed by atoms with Crippen LogP contribution in [0.5, 0.6) is 0 Å². The van der Waals surface area contributed by atoms with Crippen LogP contribution in [0.4, 0.5) is 17.3 Å². The van der Waals surface area contributed by atoms with Crippen molar-refractivity contribution < 1.29 is 4.79 Å². The van der Waals surface area contributed by atoms with Gasteiger partial charge < -0.3 is 15.1 Å². The van der Waals surface area contributed by atoms with E-state index in [0.717, 1.165) is 49.5 Å². The molecule has 0 radical (unpaired) electrons. The predicted molar refractivity (Wildman–Crippen MR) is 120 cm³/mol. The van der Waals surface area contributed by atoms with Crippen LogP contribution in [0.1, 0.15) is 55.4 Å². The van der Waals surface area contributed by atoms with Crippen LogP contribution >= 0.6 is 0 Å². The lowest BCUT2D eigenvalue weighted by atomic mass is 10.0. The highest BCUT2D eigenvalue weighted by molar-refractivity contribution is 6.03. The number of benzene rings is 1. The predicted octanol–water partition coefficient (Wildman–Crippen LogP) is 4.43. The summed E-state index contributed by atoms with van der Waals surface area (Å²) in [5, 5.41) is 3.03. The van der Waals surface area contributed by atoms with Crippen molar-refractivity contribution in [1.82, 2.24) is 9.97 Å². The summed E-state index contributed by atoms with van der Waals surface area (Å²) in [4.78, 5) is 26.6. The van der Waals surface area contributed by atoms with Crippen LogP contribution in [0.25, 0.3) is 0 Å². The van der Waals surface area contributed by atoms with Crippen molar-refractivity contribution in [3.05, 3.63) is 41.2 Å². The zero-order valence-corrected chi connectivity index (χ0v) is 18.3. The topological polar surface area (TPSA) is 61.4 Å². The summed E-state index contributed by atoms with van der Waals surface area (Å²) >= 11 is 0. The first kappa shape index (κ1) is 21.1. The van der Waals surface area contributed by atoms with Gasteiger partial charge in [-0.25, -0.2) is 9.97 Å². The molecular formula is C23H33N5O. The van der Waals surface area contributed by atoms with Gasteiger partial charge in [0.15, 0.2) is 0 Å². The number of carbonyl (C=O) groups excluding carboxylic acids is 1. The number of carbonyl (C=O) groups is 1. The molecule has 2 aromatic rings. The summed E-state index contributed by atoms with van der Waals surface area (Å²) in [5.74, 6) is 1.09. The van der Waals surface area contributed by atoms with Crippen molar-refractivity contribution in [3.8, 4) is 0 Å². The van der Waals surface area contributed by atoms with E-state index in [1.807, 2.05) is 19.9 Å². The van der Waals surface area contributed by atoms with Crippen LogP contribution in [0.2, 0.25) is 0 Å². The van der Waals surface area contributed by atoms with Gasteiger partial charge in [0.25, 0.3) is 5.91 Å². The van der Waals surface area contributed by atoms with Crippen LogP contribution in [0.15, 0.2) is 24.3 Å². The van der Waals surface area contributed by atoms with Crippen molar-refractivity contribution in [3.63, 3.8) is 0 Å². The Bertz CT molecular complexity index is 862. The fraction of sp³-hybridized carbons (Fsp3) is 0.522. The first-order valence-corrected chi connectivity index (χ1v) is 10.7. The molecule has 1 fully saturated rings. The van der Waals surface area contributed by atoms with Gasteiger partial charge in [0.1, 0.15) is 5.69 Å². The lowest BCUT2D eigenvalue weighted by Gasteiger charge is -2.31. The van der Waals surface area contributed by atoms with Gasteiger partial charge in [-0.15, -0.1) is 0 Å². The Balaban J connectivity index is 1.79. The van der Waals surface area contributed by atoms with E-state index in [2.05, 4.69) is 58.0 Å². The summed E-state index contributed by atoms with van der Waals surface area (Å²) in [7, 11) is 0. The molecule has 0 bridgehead atoms. The van der Waals surface area contributed by atoms with Crippen LogP contribution in [-0.2, 0) is 0 Å². The number of rotatable bonds is 6. The second-order valence-electron chi connectivity index (χ2n) is 8.01. The van der Waals surface area contributed by atoms with Crippen molar-refractivity contribution in [1.29, 1.82) is 0 Å². The first-order valence-electron chi connectivity index (χ1n) is 10.7. The van der Waals surface area contributed by atoms with Gasteiger partial charge >= 0.3 is 0 Å². The summed E-state index contributed by atoms with van der Waals surface area (Å²) < 4.78 is 0. The summed E-state index contributed by atoms with van der Waals surface area (Å²) in [6.45, 7) is 14.3. The molecule has 156 valence electrons. The van der Waals surface area contributed by atoms with Crippen LogP contribution in [-0.4, -0.2) is 42.1 Å². The molecule has 1 amide bonds. The molecule has 1 aliphatic rings. The van der Waals surface area contributed by atoms with Gasteiger partial charge in [-0.3, -0.25) is 4.79 Å². The largest absolute Gasteiger partial charge is 0.372 e. The molecule has 0 saturated carbocycles. The second kappa shape index (κ2) is 9.25. The number of hydrogen-bond donors (Lipinski definition) is 1. The van der Waals surface area contributed by atoms with Crippen molar-refractivity contribution in [2.45, 2.75) is 47.5 Å². The van der Waals surface area contributed by atoms with Crippen molar-refractivity contribution in [2.24, 2.45) is 5.92 Å². The number of hydrogen-bond acceptors (Lipinski definition) is 5. The number of aryl methyl sites for hydroxylation is 2. The maximum absolute atomic E-state index is 12.9. The fourth-order valence-electron chi connectivity index (χ4n) is 3.94. The molecule has 29 heavy (non-hydrogen) atoms. The third-order valence-corrected chi connectivity index (χ3v) is 5.60. The Morgan fingerprint density at radius 2 is 1.97 bits per heavy atom. The number of nitrogens with one attached hydrogen (secondary N) is 1. The van der Waals surface area contributed by atoms with Crippen LogP contribution in [0.3, 0.4) is 0 Å². The molecule has 3 rings (SSSR count). The Morgan fingerprint density at radius 3 is 2.62 bits per heavy atom. The number of anilines is 3. The molecule has 1 aromatic heterocycles. The molecule has 1 unspecified atom stereocenters. The van der Waals surface area contributed by atoms with E-state index < -0.39 is 0 Å². The lowest BCUT2D eigenvalue weighted by Crippen LogP contribution is -2.36. The van der Waals surface area contributed by atoms with Crippen molar-refractivity contribution in [2.75, 3.05) is 41.3 Å². The minimum Gasteiger partial charge on any atom is -0.372 e. The molecular weight excluding hydrogens is 362 g/mol. The SMILES string of the molecule is CCN(CC)c1ccc(NC(=O)c2cc(C)nc(N3CCCC(C)C3)n2)c(C)c1. The molecule has 6 nitrogen and oxygen atoms in total. The van der Waals surface area contributed by atoms with Gasteiger partial charge in [-0.2, -0.15) is 0 Å². The van der Waals surface area contributed by atoms with E-state index in [4.69, 9.17) is 0 Å². The van der Waals surface area contributed by atoms with Gasteiger partial charge in [0.05, 0.1) is 0 Å². The highest BCUT2D eigenvalue weighted by Crippen LogP contribution is 2.24. The zero-order valence-electron chi connectivity index (χ0n) is 18.3. The Hall–Kier alpha value is -2.63. The van der Waals surface area contributed by atoms with E-state index in [1.54, 1.807) is 6.07 Å². The van der Waals surface area contributed by atoms with E-state index in [0.29, 0.717) is 17.6 Å². The Labute approximate surface area is 174 Å². The highest BCUT2D eigenvalue weighted by atomic mass is 16.1. The van der Waals surface area contributed by atoms with E-state index >= 15 is 0 Å². The normalized spacial score (nSPS) is 16.6. The molecule has 1 aliphatic heterocycles. The van der Waals surface area contributed by atoms with Gasteiger partial charge in [0, 0.05) is 43.2 Å². The smallest absolute Gasteiger partial charge is 0.274 e. The monoisotopic (exact) mass is 395 g/mol. The third-order valence-electron chi connectivity index (χ3n) is 5.60. The number of piperidine rings is 1. The average Bonchev–Trinajstić information content (AvgIpc) is 2.70. The molecule has 1 aromatic carbocycles. The fourth-order valence-corrected chi connectivity index (χ4v) is 3.94. The Morgan fingerprint density at radius 1 is 1.21 bits per heavy atom. The van der Waals surface area contributed by atoms with Gasteiger partial charge in [-0.1, -0.05) is 6.92 Å². The first-order chi connectivity index (χ1) is 13.9. The highest BCUT2D eigenvalue weighted by Gasteiger charge is 2.21. The van der Waals surface area contributed by atoms with Crippen LogP contribution in [0, 0.1) is 19.8 Å². The van der Waals surface area contributed by atoms with Gasteiger partial charge in [0.2, 0.25) is 5.95 Å². The molecule has 2 heterocycles. The van der Waals surface area contributed by atoms with E-state index in [-0.39, 0.29) is 5.91 Å². The minimum atomic E-state index is -0.194. The summed E-state index contributed by atoms with van der Waals surface area (Å²) in [6.07, 6.45) is 2.37. The average molecular weight is 396 g/mol. The molecule has 6 heteroatoms. The number of nitrogens with zero attached hydrogens (tertiary/aromatic N) is 4. The molecule has 0 aliphatic carbocycles. The maximum atomic E-state index is 12.9. The van der Waals surface area contributed by atoms with Crippen molar-refractivity contribution >= 4 is 23.2 Å². The zero-order chi connectivity index (χ0) is 21.0. The van der Waals surface area contributed by atoms with Crippen LogP contribution < -0.4 is 15.1 Å². The summed E-state index contributed by atoms with van der Waals surface area (Å²) in [5.41, 5.74) is 4.25. The molecule has 1 saturated heterocycles. The molecule has 0 spiro atoms. The van der Waals surface area contributed by atoms with E-state index in [9.17, 15) is 4.79 Å². The van der Waals surface area contributed by atoms with E-state index in [1.165, 1.54) is 12.1 Å². The maximum Gasteiger partial charge on any atom is 0.274 e. The summed E-state index contributed by atoms with van der Waals surface area (Å²) in [6, 6.07) is 7.91. The molecule has 1 atom stereocenters. The lowest BCUT2D eigenvalue weighted by molar-refractivity contribution is 0.102. The Kier molecular flexibility index (Phi) is 6.72. The van der Waals surface area contributed by atoms with Gasteiger partial charge in [-0.05, 0) is 76.3 Å². The third kappa shape index (κ3) is 5.05. The number of amides is 1. The molecule has 1 N–H and O–H groups in total. The second-order valence-corrected chi connectivity index (χ2v) is 8.01. The minimum absolute atomic E-state index is 0.194. The quantitative estimate of drug-likeness (QED) is 0.784. The number of aromatic nitrogens is 2. The standard InChI is InChI=1S/C23H33N5O/c1-6-27(7-2)19-10-11-20(17(4)13-19)25-22(29)21-14-18(5)24-23(26-21)28-12-8-9-16(3)15-28/h10-11,13-14,16H,6-9,12,15H2,1-5H3,(H,25,29).